The molecular formula is C10H6N2O2. The van der Waals surface area contributed by atoms with Crippen LogP contribution in [0, 0.1) is 22.7 Å². The number of benzene rings is 1. The Hall–Kier alpha value is -2.46. The first-order valence-corrected chi connectivity index (χ1v) is 3.71. The maximum Gasteiger partial charge on any atom is 0.130 e. The van der Waals surface area contributed by atoms with E-state index in [9.17, 15) is 5.11 Å². The number of nitriles is 2. The van der Waals surface area contributed by atoms with Crippen molar-refractivity contribution in [2.24, 2.45) is 0 Å². The summed E-state index contributed by atoms with van der Waals surface area (Å²) in [4.78, 5) is 0. The van der Waals surface area contributed by atoms with Gasteiger partial charge in [0.15, 0.2) is 0 Å². The van der Waals surface area contributed by atoms with Gasteiger partial charge in [-0.3, -0.25) is 0 Å². The van der Waals surface area contributed by atoms with Gasteiger partial charge in [-0.05, 0) is 24.3 Å². The van der Waals surface area contributed by atoms with E-state index in [1.165, 1.54) is 24.3 Å². The van der Waals surface area contributed by atoms with Gasteiger partial charge in [0.1, 0.15) is 29.2 Å². The van der Waals surface area contributed by atoms with Crippen LogP contribution in [0.5, 0.6) is 11.5 Å². The number of rotatable bonds is 1. The number of phenolic OH excluding ortho intramolecular Hbond substituents is 2. The van der Waals surface area contributed by atoms with Gasteiger partial charge in [-0.25, -0.2) is 0 Å². The fourth-order valence-corrected chi connectivity index (χ4v) is 0.903. The molecular weight excluding hydrogens is 180 g/mol. The number of hydrogen-bond donors (Lipinski definition) is 2. The first kappa shape index (κ1) is 9.63. The zero-order valence-corrected chi connectivity index (χ0v) is 7.10. The van der Waals surface area contributed by atoms with E-state index in [1.807, 2.05) is 0 Å². The van der Waals surface area contributed by atoms with E-state index in [0.717, 1.165) is 0 Å². The molecule has 68 valence electrons. The summed E-state index contributed by atoms with van der Waals surface area (Å²) in [5, 5.41) is 35.3. The van der Waals surface area contributed by atoms with E-state index in [-0.39, 0.29) is 22.6 Å². The van der Waals surface area contributed by atoms with Crippen molar-refractivity contribution in [1.82, 2.24) is 0 Å². The molecule has 14 heavy (non-hydrogen) atoms. The van der Waals surface area contributed by atoms with Crippen LogP contribution in [0.3, 0.4) is 0 Å². The molecule has 0 aromatic heterocycles. The van der Waals surface area contributed by atoms with Crippen LogP contribution in [0.2, 0.25) is 0 Å². The zero-order chi connectivity index (χ0) is 10.6. The van der Waals surface area contributed by atoms with Crippen molar-refractivity contribution >= 4 is 6.08 Å². The minimum atomic E-state index is -0.133. The lowest BCUT2D eigenvalue weighted by molar-refractivity contribution is 0.459. The Bertz CT molecular complexity index is 448. The SMILES string of the molecule is N#CC(C#N)=Cc1cc(O)ccc1O. The Morgan fingerprint density at radius 2 is 1.86 bits per heavy atom. The van der Waals surface area contributed by atoms with Crippen LogP contribution in [-0.4, -0.2) is 10.2 Å². The third-order valence-corrected chi connectivity index (χ3v) is 1.55. The second kappa shape index (κ2) is 3.97. The largest absolute Gasteiger partial charge is 0.508 e. The number of phenols is 2. The van der Waals surface area contributed by atoms with Gasteiger partial charge in [0, 0.05) is 5.56 Å². The summed E-state index contributed by atoms with van der Waals surface area (Å²) in [6, 6.07) is 7.17. The van der Waals surface area contributed by atoms with Crippen molar-refractivity contribution in [2.45, 2.75) is 0 Å². The van der Waals surface area contributed by atoms with Crippen molar-refractivity contribution in [2.75, 3.05) is 0 Å². The lowest BCUT2D eigenvalue weighted by Crippen LogP contribution is -1.77. The summed E-state index contributed by atoms with van der Waals surface area (Å²) >= 11 is 0. The van der Waals surface area contributed by atoms with Crippen LogP contribution >= 0.6 is 0 Å². The summed E-state index contributed by atoms with van der Waals surface area (Å²) in [7, 11) is 0. The highest BCUT2D eigenvalue weighted by molar-refractivity contribution is 5.67. The highest BCUT2D eigenvalue weighted by Crippen LogP contribution is 2.24. The average molecular weight is 186 g/mol. The highest BCUT2D eigenvalue weighted by atomic mass is 16.3. The molecule has 1 rings (SSSR count). The van der Waals surface area contributed by atoms with Gasteiger partial charge in [0.25, 0.3) is 0 Å². The van der Waals surface area contributed by atoms with Gasteiger partial charge in [-0.15, -0.1) is 0 Å². The van der Waals surface area contributed by atoms with Crippen molar-refractivity contribution < 1.29 is 10.2 Å². The van der Waals surface area contributed by atoms with Gasteiger partial charge in [0.2, 0.25) is 0 Å². The number of hydrogen-bond acceptors (Lipinski definition) is 4. The molecule has 1 aromatic rings. The monoisotopic (exact) mass is 186 g/mol. The minimum Gasteiger partial charge on any atom is -0.508 e. The molecule has 0 saturated heterocycles. The number of aromatic hydroxyl groups is 2. The Morgan fingerprint density at radius 1 is 1.21 bits per heavy atom. The van der Waals surface area contributed by atoms with E-state index in [4.69, 9.17) is 15.6 Å². The van der Waals surface area contributed by atoms with Crippen molar-refractivity contribution in [3.8, 4) is 23.6 Å². The van der Waals surface area contributed by atoms with Crippen LogP contribution in [0.25, 0.3) is 6.08 Å². The molecule has 0 heterocycles. The van der Waals surface area contributed by atoms with Crippen LogP contribution in [-0.2, 0) is 0 Å². The Balaban J connectivity index is 3.22. The van der Waals surface area contributed by atoms with Crippen LogP contribution in [0.4, 0.5) is 0 Å². The minimum absolute atomic E-state index is 0.0377. The smallest absolute Gasteiger partial charge is 0.130 e. The normalized spacial score (nSPS) is 8.43. The zero-order valence-electron chi connectivity index (χ0n) is 7.10. The van der Waals surface area contributed by atoms with E-state index < -0.39 is 0 Å². The summed E-state index contributed by atoms with van der Waals surface area (Å²) in [5.41, 5.74) is 0.106. The summed E-state index contributed by atoms with van der Waals surface area (Å²) in [5.74, 6) is -0.130. The molecule has 2 N–H and O–H groups in total. The van der Waals surface area contributed by atoms with Gasteiger partial charge >= 0.3 is 0 Å². The third-order valence-electron chi connectivity index (χ3n) is 1.55. The second-order valence-electron chi connectivity index (χ2n) is 2.52. The van der Waals surface area contributed by atoms with Crippen molar-refractivity contribution in [3.63, 3.8) is 0 Å². The average Bonchev–Trinajstić information content (AvgIpc) is 2.19. The molecule has 0 saturated carbocycles. The lowest BCUT2D eigenvalue weighted by atomic mass is 10.1. The topological polar surface area (TPSA) is 88.0 Å². The second-order valence-corrected chi connectivity index (χ2v) is 2.52. The number of allylic oxidation sites excluding steroid dienone is 1. The molecule has 0 aliphatic heterocycles. The molecule has 0 bridgehead atoms. The first-order valence-electron chi connectivity index (χ1n) is 3.71. The van der Waals surface area contributed by atoms with Crippen LogP contribution < -0.4 is 0 Å². The molecule has 0 aliphatic rings. The molecule has 0 aliphatic carbocycles. The molecule has 0 spiro atoms. The van der Waals surface area contributed by atoms with Gasteiger partial charge in [-0.2, -0.15) is 10.5 Å². The maximum atomic E-state index is 9.30. The van der Waals surface area contributed by atoms with E-state index in [0.29, 0.717) is 0 Å². The molecule has 0 unspecified atom stereocenters. The van der Waals surface area contributed by atoms with E-state index >= 15 is 0 Å². The fourth-order valence-electron chi connectivity index (χ4n) is 0.903. The highest BCUT2D eigenvalue weighted by Gasteiger charge is 2.01. The molecule has 4 nitrogen and oxygen atoms in total. The predicted molar refractivity (Wildman–Crippen MR) is 49.0 cm³/mol. The molecule has 0 atom stereocenters. The van der Waals surface area contributed by atoms with Crippen LogP contribution in [0.1, 0.15) is 5.56 Å². The molecule has 0 radical (unpaired) electrons. The van der Waals surface area contributed by atoms with Crippen molar-refractivity contribution in [3.05, 3.63) is 29.3 Å². The summed E-state index contributed by atoms with van der Waals surface area (Å²) < 4.78 is 0. The Kier molecular flexibility index (Phi) is 2.73. The molecule has 1 aromatic carbocycles. The van der Waals surface area contributed by atoms with E-state index in [2.05, 4.69) is 0 Å². The summed E-state index contributed by atoms with van der Waals surface area (Å²) in [6.07, 6.45) is 1.20. The predicted octanol–water partition coefficient (Wildman–Crippen LogP) is 1.53. The van der Waals surface area contributed by atoms with E-state index in [1.54, 1.807) is 12.1 Å². The Labute approximate surface area is 80.6 Å². The fraction of sp³-hybridized carbons (Fsp3) is 0. The standard InChI is InChI=1S/C10H6N2O2/c11-5-7(6-12)3-8-4-9(13)1-2-10(8)14/h1-4,13-14H. The number of nitrogens with zero attached hydrogens (tertiary/aromatic N) is 2. The van der Waals surface area contributed by atoms with Crippen molar-refractivity contribution in [1.29, 1.82) is 10.5 Å². The quantitative estimate of drug-likeness (QED) is 0.514. The lowest BCUT2D eigenvalue weighted by Gasteiger charge is -1.98. The van der Waals surface area contributed by atoms with Gasteiger partial charge in [-0.1, -0.05) is 0 Å². The molecule has 0 amide bonds. The Morgan fingerprint density at radius 3 is 2.43 bits per heavy atom. The summed E-state index contributed by atoms with van der Waals surface area (Å²) in [6.45, 7) is 0. The van der Waals surface area contributed by atoms with Crippen LogP contribution in [0.15, 0.2) is 23.8 Å². The van der Waals surface area contributed by atoms with Gasteiger partial charge < -0.3 is 10.2 Å². The third kappa shape index (κ3) is 2.02. The maximum absolute atomic E-state index is 9.30. The van der Waals surface area contributed by atoms with Gasteiger partial charge in [0.05, 0.1) is 0 Å². The first-order chi connectivity index (χ1) is 6.67. The molecule has 4 heteroatoms. The molecule has 0 fully saturated rings.